The fourth-order valence-electron chi connectivity index (χ4n) is 8.57. The third kappa shape index (κ3) is 64.0. The zero-order valence-electron chi connectivity index (χ0n) is 51.1. The molecule has 0 amide bonds. The van der Waals surface area contributed by atoms with Gasteiger partial charge < -0.3 is 14.2 Å². The lowest BCUT2D eigenvalue weighted by molar-refractivity contribution is -0.166. The first-order valence-corrected chi connectivity index (χ1v) is 32.3. The number of hydrogen-bond acceptors (Lipinski definition) is 6. The minimum absolute atomic E-state index is 0.119. The van der Waals surface area contributed by atoms with Crippen molar-refractivity contribution in [2.45, 2.75) is 284 Å². The summed E-state index contributed by atoms with van der Waals surface area (Å²) in [5.41, 5.74) is 0. The second kappa shape index (κ2) is 65.8. The molecule has 0 aromatic carbocycles. The lowest BCUT2D eigenvalue weighted by Crippen LogP contribution is -2.30. The molecule has 0 aliphatic heterocycles. The molecule has 0 spiro atoms. The molecule has 0 aliphatic rings. The van der Waals surface area contributed by atoms with Crippen LogP contribution in [0, 0.1) is 0 Å². The summed E-state index contributed by atoms with van der Waals surface area (Å²) in [5, 5.41) is 0. The zero-order chi connectivity index (χ0) is 57.1. The lowest BCUT2D eigenvalue weighted by Gasteiger charge is -2.18. The van der Waals surface area contributed by atoms with Crippen LogP contribution in [0.15, 0.2) is 146 Å². The maximum Gasteiger partial charge on any atom is 0.309 e. The van der Waals surface area contributed by atoms with Crippen molar-refractivity contribution in [1.29, 1.82) is 0 Å². The van der Waals surface area contributed by atoms with E-state index in [2.05, 4.69) is 154 Å². The first kappa shape index (κ1) is 74.3. The first-order valence-electron chi connectivity index (χ1n) is 32.3. The van der Waals surface area contributed by atoms with Gasteiger partial charge >= 0.3 is 17.9 Å². The molecule has 0 fully saturated rings. The second-order valence-electron chi connectivity index (χ2n) is 20.9. The van der Waals surface area contributed by atoms with Crippen LogP contribution in [0.5, 0.6) is 0 Å². The fraction of sp³-hybridized carbons (Fsp3) is 0.630. The van der Waals surface area contributed by atoms with Crippen molar-refractivity contribution in [2.75, 3.05) is 13.2 Å². The minimum Gasteiger partial charge on any atom is -0.462 e. The van der Waals surface area contributed by atoms with E-state index < -0.39 is 12.1 Å². The molecular weight excluding hydrogens is 973 g/mol. The van der Waals surface area contributed by atoms with Crippen molar-refractivity contribution in [3.05, 3.63) is 146 Å². The molecular formula is C73H118O6. The first-order chi connectivity index (χ1) is 39.0. The van der Waals surface area contributed by atoms with Crippen molar-refractivity contribution < 1.29 is 28.6 Å². The van der Waals surface area contributed by atoms with Crippen LogP contribution in [-0.2, 0) is 28.6 Å². The molecule has 0 saturated heterocycles. The Hall–Kier alpha value is -4.71. The number of esters is 3. The average molecular weight is 1090 g/mol. The Bertz CT molecular complexity index is 1730. The van der Waals surface area contributed by atoms with Gasteiger partial charge in [-0.15, -0.1) is 0 Å². The van der Waals surface area contributed by atoms with Crippen molar-refractivity contribution in [2.24, 2.45) is 0 Å². The molecule has 0 rings (SSSR count). The van der Waals surface area contributed by atoms with Gasteiger partial charge in [-0.1, -0.05) is 282 Å². The van der Waals surface area contributed by atoms with Gasteiger partial charge in [-0.3, -0.25) is 14.4 Å². The Morgan fingerprint density at radius 3 is 0.886 bits per heavy atom. The number of unbranched alkanes of at least 4 members (excludes halogenated alkanes) is 23. The van der Waals surface area contributed by atoms with Crippen LogP contribution in [0.25, 0.3) is 0 Å². The molecule has 1 atom stereocenters. The quantitative estimate of drug-likeness (QED) is 0.0261. The van der Waals surface area contributed by atoms with Crippen LogP contribution in [0.1, 0.15) is 278 Å². The third-order valence-corrected chi connectivity index (χ3v) is 13.3. The molecule has 6 heteroatoms. The van der Waals surface area contributed by atoms with Gasteiger partial charge in [0.1, 0.15) is 13.2 Å². The summed E-state index contributed by atoms with van der Waals surface area (Å²) in [6.45, 7) is 6.31. The molecule has 0 radical (unpaired) electrons. The van der Waals surface area contributed by atoms with Crippen LogP contribution in [0.2, 0.25) is 0 Å². The van der Waals surface area contributed by atoms with Gasteiger partial charge in [0.05, 0.1) is 6.42 Å². The van der Waals surface area contributed by atoms with Gasteiger partial charge in [0.15, 0.2) is 6.10 Å². The molecule has 79 heavy (non-hydrogen) atoms. The highest BCUT2D eigenvalue weighted by atomic mass is 16.6. The maximum absolute atomic E-state index is 12.9. The molecule has 0 heterocycles. The number of carbonyl (C=O) groups excluding carboxylic acids is 3. The second-order valence-corrected chi connectivity index (χ2v) is 20.9. The van der Waals surface area contributed by atoms with Gasteiger partial charge in [-0.25, -0.2) is 0 Å². The molecule has 0 bridgehead atoms. The van der Waals surface area contributed by atoms with Crippen LogP contribution in [0.3, 0.4) is 0 Å². The van der Waals surface area contributed by atoms with E-state index in [1.54, 1.807) is 6.08 Å². The summed E-state index contributed by atoms with van der Waals surface area (Å²) in [6.07, 6.45) is 94.5. The van der Waals surface area contributed by atoms with Gasteiger partial charge in [0.25, 0.3) is 0 Å². The monoisotopic (exact) mass is 1090 g/mol. The van der Waals surface area contributed by atoms with E-state index in [1.165, 1.54) is 122 Å². The van der Waals surface area contributed by atoms with E-state index >= 15 is 0 Å². The highest BCUT2D eigenvalue weighted by Gasteiger charge is 2.19. The molecule has 0 aliphatic carbocycles. The summed E-state index contributed by atoms with van der Waals surface area (Å²) < 4.78 is 16.8. The Morgan fingerprint density at radius 2 is 0.544 bits per heavy atom. The predicted octanol–water partition coefficient (Wildman–Crippen LogP) is 22.3. The topological polar surface area (TPSA) is 78.9 Å². The van der Waals surface area contributed by atoms with Crippen LogP contribution >= 0.6 is 0 Å². The molecule has 6 nitrogen and oxygen atoms in total. The van der Waals surface area contributed by atoms with Crippen molar-refractivity contribution in [3.63, 3.8) is 0 Å². The highest BCUT2D eigenvalue weighted by Crippen LogP contribution is 2.15. The van der Waals surface area contributed by atoms with Gasteiger partial charge in [-0.05, 0) is 122 Å². The van der Waals surface area contributed by atoms with Crippen molar-refractivity contribution in [1.82, 2.24) is 0 Å². The Balaban J connectivity index is 4.47. The molecule has 1 unspecified atom stereocenters. The average Bonchev–Trinajstić information content (AvgIpc) is 3.45. The van der Waals surface area contributed by atoms with Crippen LogP contribution < -0.4 is 0 Å². The summed E-state index contributed by atoms with van der Waals surface area (Å²) in [6, 6.07) is 0. The number of carbonyl (C=O) groups is 3. The Labute approximate surface area is 487 Å². The van der Waals surface area contributed by atoms with Crippen LogP contribution in [-0.4, -0.2) is 37.2 Å². The van der Waals surface area contributed by atoms with Gasteiger partial charge in [0.2, 0.25) is 0 Å². The van der Waals surface area contributed by atoms with Crippen LogP contribution in [0.4, 0.5) is 0 Å². The predicted molar refractivity (Wildman–Crippen MR) is 343 cm³/mol. The number of hydrogen-bond donors (Lipinski definition) is 0. The number of allylic oxidation sites excluding steroid dienone is 23. The standard InChI is InChI=1S/C73H118O6/c1-4-7-10-13-16-19-22-25-28-30-32-34-36-38-40-42-45-48-51-54-57-60-63-66-72(75)78-69-70(68-77-71(74)65-62-59-56-53-50-47-44-27-24-21-18-15-12-9-6-3)79-73(76)67-64-61-58-55-52-49-46-43-41-39-37-35-33-31-29-26-23-20-17-14-11-8-5-2/h7,9-10,12,16,18-19,21,23,25-28,31-34,38,40,44,50,53,59,62,70H,4-6,8,11,13-15,17,20,22,24,29-30,35-37,39,41-43,45-49,51-52,54-58,60-61,63-69H2,1-3H3/b10-7-,12-9-,19-16-,21-18-,26-23-,28-25-,33-31-,34-32-,40-38-,44-27-,53-50-,62-59-. The summed E-state index contributed by atoms with van der Waals surface area (Å²) in [5.74, 6) is -1.06. The largest absolute Gasteiger partial charge is 0.462 e. The SMILES string of the molecule is CC/C=C\C/C=C\C/C=C\C/C=C\C/C=C\CCCCCCCCCC(=O)OCC(COC(=O)C/C=C\C/C=C\C/C=C\C/C=C\C/C=C\CC)OC(=O)CCCCCCCCCCCCC/C=C\C/C=C\CCCCCCC. The van der Waals surface area contributed by atoms with E-state index in [0.717, 1.165) is 116 Å². The van der Waals surface area contributed by atoms with E-state index in [0.29, 0.717) is 12.8 Å². The van der Waals surface area contributed by atoms with E-state index in [4.69, 9.17) is 14.2 Å². The zero-order valence-corrected chi connectivity index (χ0v) is 51.1. The molecule has 446 valence electrons. The molecule has 0 N–H and O–H groups in total. The van der Waals surface area contributed by atoms with Gasteiger partial charge in [0, 0.05) is 12.8 Å². The normalized spacial score (nSPS) is 13.1. The third-order valence-electron chi connectivity index (χ3n) is 13.3. The van der Waals surface area contributed by atoms with E-state index in [-0.39, 0.29) is 31.6 Å². The Kier molecular flexibility index (Phi) is 61.9. The van der Waals surface area contributed by atoms with Crippen molar-refractivity contribution >= 4 is 17.9 Å². The smallest absolute Gasteiger partial charge is 0.309 e. The van der Waals surface area contributed by atoms with E-state index in [1.807, 2.05) is 6.08 Å². The molecule has 0 aromatic heterocycles. The van der Waals surface area contributed by atoms with Gasteiger partial charge in [-0.2, -0.15) is 0 Å². The minimum atomic E-state index is -0.832. The summed E-state index contributed by atoms with van der Waals surface area (Å²) in [7, 11) is 0. The summed E-state index contributed by atoms with van der Waals surface area (Å²) in [4.78, 5) is 38.3. The number of rotatable bonds is 57. The van der Waals surface area contributed by atoms with Crippen molar-refractivity contribution in [3.8, 4) is 0 Å². The van der Waals surface area contributed by atoms with E-state index in [9.17, 15) is 14.4 Å². The highest BCUT2D eigenvalue weighted by molar-refractivity contribution is 5.72. The molecule has 0 saturated carbocycles. The lowest BCUT2D eigenvalue weighted by atomic mass is 10.0. The fourth-order valence-corrected chi connectivity index (χ4v) is 8.57. The maximum atomic E-state index is 12.9. The molecule has 0 aromatic rings. The number of ether oxygens (including phenoxy) is 3. The summed E-state index contributed by atoms with van der Waals surface area (Å²) >= 11 is 0. The Morgan fingerprint density at radius 1 is 0.278 bits per heavy atom.